The number of aromatic nitrogens is 2. The Labute approximate surface area is 108 Å². The predicted octanol–water partition coefficient (Wildman–Crippen LogP) is 2.28. The maximum Gasteiger partial charge on any atom is 0.276 e. The van der Waals surface area contributed by atoms with Crippen molar-refractivity contribution in [1.82, 2.24) is 9.97 Å². The Morgan fingerprint density at radius 2 is 2.11 bits per heavy atom. The lowest BCUT2D eigenvalue weighted by Crippen LogP contribution is -2.14. The summed E-state index contributed by atoms with van der Waals surface area (Å²) in [5.41, 5.74) is 2.13. The summed E-state index contributed by atoms with van der Waals surface area (Å²) in [5.74, 6) is -0.357. The second-order valence-corrected chi connectivity index (χ2v) is 4.60. The number of hydrogen-bond acceptors (Lipinski definition) is 5. The third-order valence-corrected chi connectivity index (χ3v) is 3.03. The van der Waals surface area contributed by atoms with Gasteiger partial charge in [0.05, 0.1) is 17.3 Å². The van der Waals surface area contributed by atoms with Crippen molar-refractivity contribution in [3.05, 3.63) is 40.2 Å². The van der Waals surface area contributed by atoms with Crippen LogP contribution in [0.1, 0.15) is 27.4 Å². The molecule has 2 aromatic rings. The fourth-order valence-corrected chi connectivity index (χ4v) is 2.11. The first kappa shape index (κ1) is 12.2. The van der Waals surface area contributed by atoms with Crippen LogP contribution < -0.4 is 5.32 Å². The van der Waals surface area contributed by atoms with Crippen molar-refractivity contribution in [2.45, 2.75) is 13.8 Å². The molecule has 0 fully saturated rings. The molecule has 0 saturated carbocycles. The molecular formula is C12H10N4OS. The van der Waals surface area contributed by atoms with Crippen molar-refractivity contribution < 1.29 is 4.79 Å². The Bertz CT molecular complexity index is 642. The number of carbonyl (C=O) groups is 1. The molecule has 0 radical (unpaired) electrons. The first-order chi connectivity index (χ1) is 8.58. The minimum Gasteiger partial charge on any atom is -0.296 e. The monoisotopic (exact) mass is 258 g/mol. The first-order valence-electron chi connectivity index (χ1n) is 5.21. The zero-order valence-electron chi connectivity index (χ0n) is 9.89. The van der Waals surface area contributed by atoms with E-state index in [1.807, 2.05) is 18.4 Å². The second kappa shape index (κ2) is 4.94. The van der Waals surface area contributed by atoms with E-state index in [2.05, 4.69) is 15.3 Å². The predicted molar refractivity (Wildman–Crippen MR) is 68.5 cm³/mol. The van der Waals surface area contributed by atoms with Crippen molar-refractivity contribution in [1.29, 1.82) is 5.26 Å². The Kier molecular flexibility index (Phi) is 3.35. The van der Waals surface area contributed by atoms with Crippen LogP contribution in [0.25, 0.3) is 0 Å². The molecule has 2 aromatic heterocycles. The second-order valence-electron chi connectivity index (χ2n) is 3.74. The summed E-state index contributed by atoms with van der Waals surface area (Å²) in [4.78, 5) is 20.2. The minimum atomic E-state index is -0.357. The number of nitrogens with one attached hydrogen (secondary N) is 1. The SMILES string of the molecule is Cc1cc(C#N)cc(C(=O)Nc2nc(C)cs2)n1. The van der Waals surface area contributed by atoms with Gasteiger partial charge in [-0.3, -0.25) is 10.1 Å². The topological polar surface area (TPSA) is 78.7 Å². The third-order valence-electron chi connectivity index (χ3n) is 2.15. The molecule has 2 rings (SSSR count). The van der Waals surface area contributed by atoms with Crippen molar-refractivity contribution in [3.63, 3.8) is 0 Å². The van der Waals surface area contributed by atoms with Crippen molar-refractivity contribution in [2.24, 2.45) is 0 Å². The van der Waals surface area contributed by atoms with E-state index in [1.54, 1.807) is 13.0 Å². The maximum atomic E-state index is 11.9. The van der Waals surface area contributed by atoms with E-state index in [9.17, 15) is 4.79 Å². The molecule has 1 N–H and O–H groups in total. The smallest absolute Gasteiger partial charge is 0.276 e. The van der Waals surface area contributed by atoms with Gasteiger partial charge in [-0.25, -0.2) is 9.97 Å². The third kappa shape index (κ3) is 2.70. The number of rotatable bonds is 2. The number of nitriles is 1. The van der Waals surface area contributed by atoms with Crippen LogP contribution in [0.3, 0.4) is 0 Å². The van der Waals surface area contributed by atoms with Gasteiger partial charge < -0.3 is 0 Å². The van der Waals surface area contributed by atoms with Crippen LogP contribution >= 0.6 is 11.3 Å². The molecule has 5 nitrogen and oxygen atoms in total. The lowest BCUT2D eigenvalue weighted by atomic mass is 10.2. The van der Waals surface area contributed by atoms with E-state index in [4.69, 9.17) is 5.26 Å². The number of hydrogen-bond donors (Lipinski definition) is 1. The molecule has 1 amide bonds. The fraction of sp³-hybridized carbons (Fsp3) is 0.167. The highest BCUT2D eigenvalue weighted by Crippen LogP contribution is 2.15. The summed E-state index contributed by atoms with van der Waals surface area (Å²) in [7, 11) is 0. The van der Waals surface area contributed by atoms with Gasteiger partial charge in [0.15, 0.2) is 5.13 Å². The largest absolute Gasteiger partial charge is 0.296 e. The number of aryl methyl sites for hydroxylation is 2. The molecule has 0 aliphatic carbocycles. The summed E-state index contributed by atoms with van der Waals surface area (Å²) < 4.78 is 0. The van der Waals surface area contributed by atoms with Crippen LogP contribution in [0, 0.1) is 25.2 Å². The molecule has 0 aromatic carbocycles. The van der Waals surface area contributed by atoms with Crippen molar-refractivity contribution in [2.75, 3.05) is 5.32 Å². The fourth-order valence-electron chi connectivity index (χ4n) is 1.42. The van der Waals surface area contributed by atoms with Crippen molar-refractivity contribution >= 4 is 22.4 Å². The normalized spacial score (nSPS) is 9.83. The van der Waals surface area contributed by atoms with Gasteiger partial charge >= 0.3 is 0 Å². The van der Waals surface area contributed by atoms with Crippen molar-refractivity contribution in [3.8, 4) is 6.07 Å². The van der Waals surface area contributed by atoms with Crippen LogP contribution in [0.5, 0.6) is 0 Å². The van der Waals surface area contributed by atoms with Crippen LogP contribution in [-0.2, 0) is 0 Å². The Morgan fingerprint density at radius 3 is 2.72 bits per heavy atom. The summed E-state index contributed by atoms with van der Waals surface area (Å²) >= 11 is 1.35. The van der Waals surface area contributed by atoms with Gasteiger partial charge in [-0.05, 0) is 26.0 Å². The Morgan fingerprint density at radius 1 is 1.33 bits per heavy atom. The standard InChI is InChI=1S/C12H10N4OS/c1-7-3-9(5-13)4-10(14-7)11(17)16-12-15-8(2)6-18-12/h3-4,6H,1-2H3,(H,15,16,17). The quantitative estimate of drug-likeness (QED) is 0.896. The summed E-state index contributed by atoms with van der Waals surface area (Å²) in [6.45, 7) is 3.59. The molecule has 2 heterocycles. The van der Waals surface area contributed by atoms with E-state index in [-0.39, 0.29) is 11.6 Å². The van der Waals surface area contributed by atoms with Gasteiger partial charge in [0.25, 0.3) is 5.91 Å². The number of pyridine rings is 1. The van der Waals surface area contributed by atoms with E-state index in [0.29, 0.717) is 16.4 Å². The first-order valence-corrected chi connectivity index (χ1v) is 6.09. The molecule has 0 aliphatic heterocycles. The van der Waals surface area contributed by atoms with Crippen LogP contribution in [0.2, 0.25) is 0 Å². The van der Waals surface area contributed by atoms with E-state index >= 15 is 0 Å². The average Bonchev–Trinajstić information content (AvgIpc) is 2.73. The zero-order chi connectivity index (χ0) is 13.1. The number of amides is 1. The van der Waals surface area contributed by atoms with Crippen LogP contribution in [0.4, 0.5) is 5.13 Å². The molecule has 0 aliphatic rings. The highest BCUT2D eigenvalue weighted by molar-refractivity contribution is 7.13. The molecule has 0 unspecified atom stereocenters. The molecule has 18 heavy (non-hydrogen) atoms. The summed E-state index contributed by atoms with van der Waals surface area (Å²) in [5, 5.41) is 13.9. The highest BCUT2D eigenvalue weighted by atomic mass is 32.1. The van der Waals surface area contributed by atoms with Crippen LogP contribution in [0.15, 0.2) is 17.5 Å². The van der Waals surface area contributed by atoms with Gasteiger partial charge in [-0.1, -0.05) is 0 Å². The van der Waals surface area contributed by atoms with Gasteiger partial charge in [0.1, 0.15) is 5.69 Å². The number of carbonyl (C=O) groups excluding carboxylic acids is 1. The average molecular weight is 258 g/mol. The molecule has 0 atom stereocenters. The molecule has 6 heteroatoms. The molecule has 90 valence electrons. The maximum absolute atomic E-state index is 11.9. The zero-order valence-corrected chi connectivity index (χ0v) is 10.7. The molecule has 0 bridgehead atoms. The molecule has 0 saturated heterocycles. The number of anilines is 1. The van der Waals surface area contributed by atoms with Gasteiger partial charge in [0, 0.05) is 11.1 Å². The van der Waals surface area contributed by atoms with Gasteiger partial charge in [-0.2, -0.15) is 5.26 Å². The summed E-state index contributed by atoms with van der Waals surface area (Å²) in [6, 6.07) is 5.09. The molecular weight excluding hydrogens is 248 g/mol. The Hall–Kier alpha value is -2.26. The molecule has 0 spiro atoms. The lowest BCUT2D eigenvalue weighted by molar-refractivity contribution is 0.102. The minimum absolute atomic E-state index is 0.222. The van der Waals surface area contributed by atoms with E-state index in [0.717, 1.165) is 5.69 Å². The highest BCUT2D eigenvalue weighted by Gasteiger charge is 2.11. The Balaban J connectivity index is 2.24. The summed E-state index contributed by atoms with van der Waals surface area (Å²) in [6.07, 6.45) is 0. The lowest BCUT2D eigenvalue weighted by Gasteiger charge is -2.02. The van der Waals surface area contributed by atoms with Gasteiger partial charge in [0.2, 0.25) is 0 Å². The van der Waals surface area contributed by atoms with Gasteiger partial charge in [-0.15, -0.1) is 11.3 Å². The van der Waals surface area contributed by atoms with E-state index in [1.165, 1.54) is 17.4 Å². The van der Waals surface area contributed by atoms with Crippen LogP contribution in [-0.4, -0.2) is 15.9 Å². The number of nitrogens with zero attached hydrogens (tertiary/aromatic N) is 3. The van der Waals surface area contributed by atoms with E-state index < -0.39 is 0 Å². The number of thiazole rings is 1.